The molecule has 1 aromatic carbocycles. The summed E-state index contributed by atoms with van der Waals surface area (Å²) in [5.74, 6) is 2.58. The summed E-state index contributed by atoms with van der Waals surface area (Å²) in [7, 11) is 1.88. The van der Waals surface area contributed by atoms with Crippen LogP contribution in [-0.2, 0) is 4.79 Å². The quantitative estimate of drug-likeness (QED) is 0.674. The number of hydrogen-bond acceptors (Lipinski definition) is 4. The molecule has 0 aliphatic heterocycles. The van der Waals surface area contributed by atoms with Crippen LogP contribution in [0.4, 0.5) is 5.13 Å². The van der Waals surface area contributed by atoms with E-state index >= 15 is 0 Å². The lowest BCUT2D eigenvalue weighted by Crippen LogP contribution is -2.54. The largest absolute Gasteiger partial charge is 0.289 e. The summed E-state index contributed by atoms with van der Waals surface area (Å²) in [6.45, 7) is 0. The minimum Gasteiger partial charge on any atom is -0.289 e. The fraction of sp³-hybridized carbons (Fsp3) is 0.550. The Bertz CT molecular complexity index is 812. The highest BCUT2D eigenvalue weighted by molar-refractivity contribution is 9.10. The van der Waals surface area contributed by atoms with Crippen LogP contribution >= 0.6 is 27.3 Å². The minimum absolute atomic E-state index is 0.132. The molecule has 1 aromatic heterocycles. The normalized spacial score (nSPS) is 32.0. The Morgan fingerprint density at radius 2 is 1.65 bits per heavy atom. The number of amides is 1. The van der Waals surface area contributed by atoms with Crippen LogP contribution in [0.5, 0.6) is 0 Å². The molecule has 1 amide bonds. The van der Waals surface area contributed by atoms with E-state index in [4.69, 9.17) is 0 Å². The summed E-state index contributed by atoms with van der Waals surface area (Å²) >= 11 is 4.96. The molecule has 0 unspecified atom stereocenters. The third-order valence-corrected chi connectivity index (χ3v) is 8.17. The topological polar surface area (TPSA) is 46.1 Å². The van der Waals surface area contributed by atoms with Crippen molar-refractivity contribution in [2.24, 2.45) is 23.2 Å². The van der Waals surface area contributed by atoms with Crippen LogP contribution in [0.3, 0.4) is 0 Å². The van der Waals surface area contributed by atoms with Crippen LogP contribution in [0.15, 0.2) is 28.7 Å². The van der Waals surface area contributed by atoms with E-state index in [2.05, 4.69) is 26.1 Å². The molecular weight excluding hydrogens is 410 g/mol. The highest BCUT2D eigenvalue weighted by Crippen LogP contribution is 2.60. The van der Waals surface area contributed by atoms with Crippen molar-refractivity contribution in [3.8, 4) is 10.6 Å². The maximum absolute atomic E-state index is 13.4. The summed E-state index contributed by atoms with van der Waals surface area (Å²) < 4.78 is 1.04. The Morgan fingerprint density at radius 1 is 1.08 bits per heavy atom. The van der Waals surface area contributed by atoms with Crippen LogP contribution in [0.2, 0.25) is 0 Å². The van der Waals surface area contributed by atoms with Crippen molar-refractivity contribution in [3.63, 3.8) is 0 Å². The van der Waals surface area contributed by atoms with Gasteiger partial charge in [-0.25, -0.2) is 0 Å². The number of hydrogen-bond donors (Lipinski definition) is 0. The van der Waals surface area contributed by atoms with Crippen molar-refractivity contribution in [1.29, 1.82) is 0 Å². The molecule has 0 radical (unpaired) electrons. The van der Waals surface area contributed by atoms with Gasteiger partial charge in [0.05, 0.1) is 5.41 Å². The smallest absolute Gasteiger partial charge is 0.234 e. The van der Waals surface area contributed by atoms with Crippen molar-refractivity contribution < 1.29 is 4.79 Å². The number of rotatable bonds is 3. The molecule has 0 N–H and O–H groups in total. The second-order valence-corrected chi connectivity index (χ2v) is 10.3. The van der Waals surface area contributed by atoms with Gasteiger partial charge < -0.3 is 0 Å². The predicted octanol–water partition coefficient (Wildman–Crippen LogP) is 5.15. The SMILES string of the molecule is CN(C(=O)C12CC3CC(CC(C3)C1)C2)c1nnc(-c2ccc(Br)cc2)s1. The molecule has 2 aromatic rings. The molecule has 4 bridgehead atoms. The first kappa shape index (κ1) is 16.9. The monoisotopic (exact) mass is 431 g/mol. The molecule has 136 valence electrons. The van der Waals surface area contributed by atoms with Gasteiger partial charge >= 0.3 is 0 Å². The Hall–Kier alpha value is -1.27. The summed E-state index contributed by atoms with van der Waals surface area (Å²) in [4.78, 5) is 15.2. The number of carbonyl (C=O) groups excluding carboxylic acids is 1. The molecule has 4 nitrogen and oxygen atoms in total. The van der Waals surface area contributed by atoms with Crippen LogP contribution in [0, 0.1) is 23.2 Å². The number of aromatic nitrogens is 2. The molecule has 0 spiro atoms. The van der Waals surface area contributed by atoms with Crippen molar-refractivity contribution in [2.45, 2.75) is 38.5 Å². The van der Waals surface area contributed by atoms with Crippen LogP contribution in [0.1, 0.15) is 38.5 Å². The summed E-state index contributed by atoms with van der Waals surface area (Å²) in [6, 6.07) is 8.05. The zero-order chi connectivity index (χ0) is 17.9. The van der Waals surface area contributed by atoms with Crippen LogP contribution < -0.4 is 4.90 Å². The molecular formula is C20H22BrN3OS. The maximum atomic E-state index is 13.4. The van der Waals surface area contributed by atoms with E-state index in [1.165, 1.54) is 30.6 Å². The van der Waals surface area contributed by atoms with Gasteiger partial charge in [0.1, 0.15) is 5.01 Å². The van der Waals surface area contributed by atoms with Crippen LogP contribution in [0.25, 0.3) is 10.6 Å². The van der Waals surface area contributed by atoms with Gasteiger partial charge in [-0.15, -0.1) is 10.2 Å². The molecule has 1 heterocycles. The number of halogens is 1. The molecule has 6 heteroatoms. The lowest BCUT2D eigenvalue weighted by atomic mass is 9.49. The Kier molecular flexibility index (Phi) is 3.98. The molecule has 0 atom stereocenters. The minimum atomic E-state index is -0.132. The van der Waals surface area contributed by atoms with Crippen LogP contribution in [-0.4, -0.2) is 23.2 Å². The van der Waals surface area contributed by atoms with E-state index in [0.717, 1.165) is 52.1 Å². The second-order valence-electron chi connectivity index (χ2n) is 8.46. The van der Waals surface area contributed by atoms with Gasteiger partial charge in [0.25, 0.3) is 0 Å². The number of anilines is 1. The highest BCUT2D eigenvalue weighted by Gasteiger charge is 2.55. The van der Waals surface area contributed by atoms with Gasteiger partial charge in [-0.2, -0.15) is 0 Å². The molecule has 4 saturated carbocycles. The lowest BCUT2D eigenvalue weighted by Gasteiger charge is -2.56. The molecule has 4 fully saturated rings. The van der Waals surface area contributed by atoms with E-state index < -0.39 is 0 Å². The van der Waals surface area contributed by atoms with Gasteiger partial charge in [-0.1, -0.05) is 39.4 Å². The van der Waals surface area contributed by atoms with Gasteiger partial charge in [0.2, 0.25) is 11.0 Å². The highest BCUT2D eigenvalue weighted by atomic mass is 79.9. The number of benzene rings is 1. The van der Waals surface area contributed by atoms with Gasteiger partial charge in [-0.05, 0) is 68.4 Å². The number of carbonyl (C=O) groups is 1. The zero-order valence-electron chi connectivity index (χ0n) is 14.8. The predicted molar refractivity (Wildman–Crippen MR) is 107 cm³/mol. The Labute approximate surface area is 166 Å². The summed E-state index contributed by atoms with van der Waals surface area (Å²) in [5.41, 5.74) is 0.903. The zero-order valence-corrected chi connectivity index (χ0v) is 17.2. The van der Waals surface area contributed by atoms with E-state index in [0.29, 0.717) is 5.13 Å². The summed E-state index contributed by atoms with van der Waals surface area (Å²) in [6.07, 6.45) is 7.30. The average molecular weight is 432 g/mol. The van der Waals surface area contributed by atoms with E-state index in [1.807, 2.05) is 31.3 Å². The Morgan fingerprint density at radius 3 is 2.23 bits per heavy atom. The third kappa shape index (κ3) is 2.73. The lowest BCUT2D eigenvalue weighted by molar-refractivity contribution is -0.143. The first-order chi connectivity index (χ1) is 12.5. The molecule has 0 saturated heterocycles. The van der Waals surface area contributed by atoms with Gasteiger partial charge in [0.15, 0.2) is 0 Å². The first-order valence-electron chi connectivity index (χ1n) is 9.40. The molecule has 26 heavy (non-hydrogen) atoms. The van der Waals surface area contributed by atoms with E-state index in [9.17, 15) is 4.79 Å². The molecule has 4 aliphatic carbocycles. The van der Waals surface area contributed by atoms with Gasteiger partial charge in [0, 0.05) is 17.1 Å². The first-order valence-corrected chi connectivity index (χ1v) is 11.0. The summed E-state index contributed by atoms with van der Waals surface area (Å²) in [5, 5.41) is 10.2. The van der Waals surface area contributed by atoms with Crippen molar-refractivity contribution in [2.75, 3.05) is 11.9 Å². The third-order valence-electron chi connectivity index (χ3n) is 6.59. The van der Waals surface area contributed by atoms with Crippen molar-refractivity contribution >= 4 is 38.3 Å². The second kappa shape index (κ2) is 6.13. The number of nitrogens with zero attached hydrogens (tertiary/aromatic N) is 3. The fourth-order valence-electron chi connectivity index (χ4n) is 5.88. The average Bonchev–Trinajstić information content (AvgIpc) is 3.10. The van der Waals surface area contributed by atoms with E-state index in [-0.39, 0.29) is 11.3 Å². The van der Waals surface area contributed by atoms with Crippen molar-refractivity contribution in [3.05, 3.63) is 28.7 Å². The molecule has 4 aliphatic rings. The Balaban J connectivity index is 1.39. The van der Waals surface area contributed by atoms with E-state index in [1.54, 1.807) is 4.90 Å². The van der Waals surface area contributed by atoms with Crippen molar-refractivity contribution in [1.82, 2.24) is 10.2 Å². The maximum Gasteiger partial charge on any atom is 0.234 e. The van der Waals surface area contributed by atoms with Gasteiger partial charge in [-0.3, -0.25) is 9.69 Å². The molecule has 6 rings (SSSR count). The fourth-order valence-corrected chi connectivity index (χ4v) is 6.95. The standard InChI is InChI=1S/C20H22BrN3OS/c1-24(19-23-22-17(26-19)15-2-4-16(21)5-3-15)18(25)20-9-12-6-13(10-20)8-14(7-12)11-20/h2-5,12-14H,6-11H2,1H3.